The molecular formula is C18H25FN2O4. The number of hydrogen-bond donors (Lipinski definition) is 2. The van der Waals surface area contributed by atoms with Crippen LogP contribution >= 0.6 is 0 Å². The molecule has 7 heteroatoms. The van der Waals surface area contributed by atoms with Crippen LogP contribution in [0.4, 0.5) is 4.39 Å². The Morgan fingerprint density at radius 3 is 2.92 bits per heavy atom. The van der Waals surface area contributed by atoms with E-state index in [2.05, 4.69) is 10.2 Å². The van der Waals surface area contributed by atoms with E-state index >= 15 is 0 Å². The Morgan fingerprint density at radius 1 is 1.44 bits per heavy atom. The van der Waals surface area contributed by atoms with E-state index in [-0.39, 0.29) is 17.8 Å². The van der Waals surface area contributed by atoms with Crippen molar-refractivity contribution in [2.45, 2.75) is 37.0 Å². The number of hydrogen-bond acceptors (Lipinski definition) is 5. The molecule has 1 amide bonds. The van der Waals surface area contributed by atoms with Crippen LogP contribution < -0.4 is 10.1 Å². The molecule has 3 rings (SSSR count). The summed E-state index contributed by atoms with van der Waals surface area (Å²) in [6, 6.07) is 5.61. The van der Waals surface area contributed by atoms with Gasteiger partial charge in [-0.3, -0.25) is 4.79 Å². The van der Waals surface area contributed by atoms with E-state index in [0.29, 0.717) is 51.3 Å². The number of carbonyl (C=O) groups is 1. The van der Waals surface area contributed by atoms with Crippen molar-refractivity contribution in [3.63, 3.8) is 0 Å². The molecule has 0 saturated carbocycles. The van der Waals surface area contributed by atoms with E-state index in [1.807, 2.05) is 7.05 Å². The Hall–Kier alpha value is -1.70. The van der Waals surface area contributed by atoms with Crippen LogP contribution in [0, 0.1) is 5.82 Å². The lowest BCUT2D eigenvalue weighted by atomic mass is 9.90. The van der Waals surface area contributed by atoms with Gasteiger partial charge in [-0.15, -0.1) is 0 Å². The van der Waals surface area contributed by atoms with Crippen LogP contribution in [-0.2, 0) is 9.53 Å². The van der Waals surface area contributed by atoms with Crippen LogP contribution in [-0.4, -0.2) is 67.0 Å². The van der Waals surface area contributed by atoms with E-state index in [4.69, 9.17) is 9.47 Å². The van der Waals surface area contributed by atoms with Crippen molar-refractivity contribution in [3.05, 3.63) is 30.1 Å². The highest BCUT2D eigenvalue weighted by molar-refractivity contribution is 5.85. The van der Waals surface area contributed by atoms with Gasteiger partial charge in [-0.05, 0) is 38.4 Å². The van der Waals surface area contributed by atoms with Crippen molar-refractivity contribution in [1.82, 2.24) is 10.2 Å². The maximum absolute atomic E-state index is 13.3. The number of benzene rings is 1. The predicted octanol–water partition coefficient (Wildman–Crippen LogP) is 0.935. The van der Waals surface area contributed by atoms with E-state index in [9.17, 15) is 14.3 Å². The van der Waals surface area contributed by atoms with E-state index < -0.39 is 11.7 Å². The number of likely N-dealkylation sites (tertiary alicyclic amines) is 1. The minimum atomic E-state index is -1.34. The topological polar surface area (TPSA) is 71.0 Å². The largest absolute Gasteiger partial charge is 0.486 e. The second-order valence-corrected chi connectivity index (χ2v) is 6.89. The molecule has 0 radical (unpaired) electrons. The lowest BCUT2D eigenvalue weighted by Gasteiger charge is -2.38. The molecule has 6 nitrogen and oxygen atoms in total. The first-order valence-electron chi connectivity index (χ1n) is 8.68. The van der Waals surface area contributed by atoms with Gasteiger partial charge in [-0.2, -0.15) is 0 Å². The number of halogens is 1. The lowest BCUT2D eigenvalue weighted by Crippen LogP contribution is -2.59. The monoisotopic (exact) mass is 352 g/mol. The van der Waals surface area contributed by atoms with Gasteiger partial charge in [0.1, 0.15) is 23.3 Å². The van der Waals surface area contributed by atoms with Crippen molar-refractivity contribution >= 4 is 5.91 Å². The van der Waals surface area contributed by atoms with Crippen LogP contribution in [0.3, 0.4) is 0 Å². The normalized spacial score (nSPS) is 26.8. The van der Waals surface area contributed by atoms with Crippen molar-refractivity contribution in [2.24, 2.45) is 0 Å². The fourth-order valence-electron chi connectivity index (χ4n) is 3.23. The van der Waals surface area contributed by atoms with Crippen molar-refractivity contribution in [3.8, 4) is 5.75 Å². The molecule has 2 N–H and O–H groups in total. The smallest absolute Gasteiger partial charge is 0.252 e. The summed E-state index contributed by atoms with van der Waals surface area (Å²) in [5.74, 6) is -0.344. The number of nitrogens with one attached hydrogen (secondary N) is 1. The second kappa shape index (κ2) is 7.68. The molecule has 0 unspecified atom stereocenters. The molecule has 2 aliphatic heterocycles. The molecule has 0 aromatic heterocycles. The van der Waals surface area contributed by atoms with Gasteiger partial charge in [0.25, 0.3) is 5.91 Å². The summed E-state index contributed by atoms with van der Waals surface area (Å²) in [6.45, 7) is 2.18. The molecular weight excluding hydrogens is 327 g/mol. The summed E-state index contributed by atoms with van der Waals surface area (Å²) in [7, 11) is 1.97. The molecule has 2 heterocycles. The highest BCUT2D eigenvalue weighted by Gasteiger charge is 2.41. The van der Waals surface area contributed by atoms with E-state index in [1.165, 1.54) is 12.1 Å². The first-order valence-corrected chi connectivity index (χ1v) is 8.68. The maximum atomic E-state index is 13.3. The van der Waals surface area contributed by atoms with Crippen molar-refractivity contribution in [1.29, 1.82) is 0 Å². The molecule has 25 heavy (non-hydrogen) atoms. The van der Waals surface area contributed by atoms with Gasteiger partial charge in [-0.25, -0.2) is 4.39 Å². The molecule has 138 valence electrons. The molecule has 2 saturated heterocycles. The number of ether oxygens (including phenoxy) is 2. The summed E-state index contributed by atoms with van der Waals surface area (Å²) in [5.41, 5.74) is -1.34. The van der Waals surface area contributed by atoms with Gasteiger partial charge in [0, 0.05) is 25.8 Å². The third-order valence-electron chi connectivity index (χ3n) is 4.94. The Balaban J connectivity index is 1.63. The number of carbonyl (C=O) groups excluding carboxylic acids is 1. The fourth-order valence-corrected chi connectivity index (χ4v) is 3.23. The van der Waals surface area contributed by atoms with Crippen molar-refractivity contribution in [2.75, 3.05) is 33.4 Å². The van der Waals surface area contributed by atoms with E-state index in [0.717, 1.165) is 0 Å². The number of piperidine rings is 1. The Kier molecular flexibility index (Phi) is 5.56. The Labute approximate surface area is 146 Å². The second-order valence-electron chi connectivity index (χ2n) is 6.89. The van der Waals surface area contributed by atoms with Crippen LogP contribution in [0.1, 0.15) is 19.3 Å². The maximum Gasteiger partial charge on any atom is 0.252 e. The number of rotatable bonds is 4. The minimum Gasteiger partial charge on any atom is -0.486 e. The lowest BCUT2D eigenvalue weighted by molar-refractivity contribution is -0.147. The van der Waals surface area contributed by atoms with Gasteiger partial charge >= 0.3 is 0 Å². The summed E-state index contributed by atoms with van der Waals surface area (Å²) in [6.07, 6.45) is 0.985. The van der Waals surface area contributed by atoms with Crippen LogP contribution in [0.15, 0.2) is 24.3 Å². The first kappa shape index (κ1) is 18.1. The van der Waals surface area contributed by atoms with Gasteiger partial charge in [0.05, 0.1) is 12.6 Å². The first-order chi connectivity index (χ1) is 12.0. The third kappa shape index (κ3) is 4.48. The molecule has 2 aliphatic rings. The zero-order chi connectivity index (χ0) is 17.9. The van der Waals surface area contributed by atoms with Gasteiger partial charge in [-0.1, -0.05) is 6.07 Å². The molecule has 1 aromatic rings. The van der Waals surface area contributed by atoms with Crippen LogP contribution in [0.2, 0.25) is 0 Å². The van der Waals surface area contributed by atoms with Crippen molar-refractivity contribution < 1.29 is 23.8 Å². The van der Waals surface area contributed by atoms with Crippen LogP contribution in [0.5, 0.6) is 5.75 Å². The van der Waals surface area contributed by atoms with Gasteiger partial charge in [0.15, 0.2) is 0 Å². The zero-order valence-corrected chi connectivity index (χ0v) is 14.4. The summed E-state index contributed by atoms with van der Waals surface area (Å²) in [5, 5.41) is 13.6. The number of amides is 1. The molecule has 0 aliphatic carbocycles. The third-order valence-corrected chi connectivity index (χ3v) is 4.94. The SMILES string of the molecule is CN1CCC(O)(C(=O)N[C@@H]2CCOC[C@H]2Oc2cccc(F)c2)CC1. The number of aliphatic hydroxyl groups is 1. The minimum absolute atomic E-state index is 0.284. The van der Waals surface area contributed by atoms with E-state index in [1.54, 1.807) is 12.1 Å². The molecule has 2 atom stereocenters. The molecule has 1 aromatic carbocycles. The highest BCUT2D eigenvalue weighted by Crippen LogP contribution is 2.24. The summed E-state index contributed by atoms with van der Waals surface area (Å²) < 4.78 is 24.6. The Bertz CT molecular complexity index is 604. The molecule has 0 bridgehead atoms. The van der Waals surface area contributed by atoms with Gasteiger partial charge < -0.3 is 24.8 Å². The average Bonchev–Trinajstić information content (AvgIpc) is 2.59. The van der Waals surface area contributed by atoms with Gasteiger partial charge in [0.2, 0.25) is 0 Å². The molecule has 0 spiro atoms. The summed E-state index contributed by atoms with van der Waals surface area (Å²) >= 11 is 0. The zero-order valence-electron chi connectivity index (χ0n) is 14.4. The number of nitrogens with zero attached hydrogens (tertiary/aromatic N) is 1. The van der Waals surface area contributed by atoms with Crippen LogP contribution in [0.25, 0.3) is 0 Å². The quantitative estimate of drug-likeness (QED) is 0.844. The fraction of sp³-hybridized carbons (Fsp3) is 0.611. The predicted molar refractivity (Wildman–Crippen MR) is 89.9 cm³/mol. The standard InChI is InChI=1S/C18H25FN2O4/c1-21-8-6-18(23,7-9-21)17(22)20-15-5-10-24-12-16(15)25-14-4-2-3-13(19)11-14/h2-4,11,15-16,23H,5-10,12H2,1H3,(H,20,22)/t15-,16-/m1/s1. The Morgan fingerprint density at radius 2 is 2.20 bits per heavy atom. The molecule has 2 fully saturated rings. The average molecular weight is 352 g/mol. The summed E-state index contributed by atoms with van der Waals surface area (Å²) in [4.78, 5) is 14.7. The highest BCUT2D eigenvalue weighted by atomic mass is 19.1.